The number of nitrogens with zero attached hydrogens (tertiary/aromatic N) is 1. The molecule has 0 aromatic heterocycles. The van der Waals surface area contributed by atoms with Crippen LogP contribution in [0, 0.1) is 11.8 Å². The summed E-state index contributed by atoms with van der Waals surface area (Å²) in [6.45, 7) is 13.8. The highest BCUT2D eigenvalue weighted by atomic mass is 35.5. The van der Waals surface area contributed by atoms with E-state index in [1.54, 1.807) is 0 Å². The van der Waals surface area contributed by atoms with Gasteiger partial charge in [0.05, 0.1) is 6.04 Å². The molecule has 7 N–H and O–H groups in total. The number of hydrogen-bond acceptors (Lipinski definition) is 5. The molecule has 1 heterocycles. The Balaban J connectivity index is 0.00000116. The number of primary amides is 1. The largest absolute Gasteiger partial charge is 0.405 e. The van der Waals surface area contributed by atoms with E-state index < -0.39 is 4.84 Å². The summed E-state index contributed by atoms with van der Waals surface area (Å²) in [5.41, 5.74) is 16.5. The quantitative estimate of drug-likeness (QED) is 0.173. The summed E-state index contributed by atoms with van der Waals surface area (Å²) < 4.78 is 0. The van der Waals surface area contributed by atoms with Gasteiger partial charge in [-0.3, -0.25) is 9.59 Å². The van der Waals surface area contributed by atoms with Crippen molar-refractivity contribution in [2.45, 2.75) is 114 Å². The van der Waals surface area contributed by atoms with E-state index in [-0.39, 0.29) is 36.2 Å². The van der Waals surface area contributed by atoms with Crippen molar-refractivity contribution in [1.82, 2.24) is 10.2 Å². The topological polar surface area (TPSA) is 127 Å². The molecule has 3 fully saturated rings. The summed E-state index contributed by atoms with van der Waals surface area (Å²) >= 11 is 12.5. The third-order valence-corrected chi connectivity index (χ3v) is 7.75. The molecular formula is C29H53Cl2N5O2. The standard InChI is InChI=1S/C22H37Cl2N3O.C4H8.C2H5N.CH3NO/c1-14(2)12-19-18(21(23)24)10-11-27(19)22(28)20(15(3)13-16(4)25)26-17-8-6-5-7-9-17;1-2-4-3-1;1-2-3;2-1-3/h13,15,17-21,26H,1,5-12,25H2,2-4H3;1-4H2;2H,1,3H2;1H,(H2,2,3)/b16-13-;;;. The zero-order valence-electron chi connectivity index (χ0n) is 23.8. The van der Waals surface area contributed by atoms with Crippen LogP contribution in [0.3, 0.4) is 0 Å². The average molecular weight is 575 g/mol. The monoisotopic (exact) mass is 573 g/mol. The highest BCUT2D eigenvalue weighted by Crippen LogP contribution is 2.36. The molecule has 0 aromatic carbocycles. The van der Waals surface area contributed by atoms with Crippen LogP contribution in [0.4, 0.5) is 0 Å². The van der Waals surface area contributed by atoms with Crippen molar-refractivity contribution in [2.75, 3.05) is 6.54 Å². The lowest BCUT2D eigenvalue weighted by Gasteiger charge is -2.36. The number of carbonyl (C=O) groups is 2. The zero-order valence-corrected chi connectivity index (χ0v) is 25.4. The Morgan fingerprint density at radius 2 is 1.53 bits per heavy atom. The maximum absolute atomic E-state index is 13.7. The summed E-state index contributed by atoms with van der Waals surface area (Å²) in [6.07, 6.45) is 17.1. The lowest BCUT2D eigenvalue weighted by Crippen LogP contribution is -2.54. The molecule has 0 radical (unpaired) electrons. The number of allylic oxidation sites excluding steroid dienone is 1. The second kappa shape index (κ2) is 21.2. The van der Waals surface area contributed by atoms with E-state index in [2.05, 4.69) is 36.9 Å². The van der Waals surface area contributed by atoms with Crippen LogP contribution in [0.2, 0.25) is 0 Å². The van der Waals surface area contributed by atoms with Crippen LogP contribution in [-0.2, 0) is 9.59 Å². The van der Waals surface area contributed by atoms with E-state index in [9.17, 15) is 4.79 Å². The highest BCUT2D eigenvalue weighted by molar-refractivity contribution is 6.44. The Morgan fingerprint density at radius 1 is 1.05 bits per heavy atom. The van der Waals surface area contributed by atoms with Gasteiger partial charge in [-0.1, -0.05) is 70.1 Å². The SMILES string of the molecule is C1CCC1.C=C(C)CC1C(C(Cl)Cl)CCN1C(=O)C(NC1CCCCC1)C(C)/C=C(/C)N.C=CN.NC=O. The van der Waals surface area contributed by atoms with Gasteiger partial charge >= 0.3 is 0 Å². The molecule has 220 valence electrons. The minimum atomic E-state index is -0.476. The minimum absolute atomic E-state index is 0.0100. The van der Waals surface area contributed by atoms with Crippen molar-refractivity contribution in [3.63, 3.8) is 0 Å². The normalized spacial score (nSPS) is 22.7. The summed E-state index contributed by atoms with van der Waals surface area (Å²) in [7, 11) is 0. The van der Waals surface area contributed by atoms with Gasteiger partial charge in [-0.15, -0.1) is 29.8 Å². The first-order chi connectivity index (χ1) is 18.0. The number of nitrogens with one attached hydrogen (secondary N) is 1. The first kappa shape index (κ1) is 36.3. The molecule has 2 amide bonds. The molecule has 38 heavy (non-hydrogen) atoms. The maximum Gasteiger partial charge on any atom is 0.240 e. The highest BCUT2D eigenvalue weighted by Gasteiger charge is 2.42. The van der Waals surface area contributed by atoms with Crippen molar-refractivity contribution in [3.8, 4) is 0 Å². The van der Waals surface area contributed by atoms with Gasteiger partial charge in [0.25, 0.3) is 0 Å². The molecule has 0 aromatic rings. The minimum Gasteiger partial charge on any atom is -0.405 e. The van der Waals surface area contributed by atoms with Crippen LogP contribution < -0.4 is 22.5 Å². The summed E-state index contributed by atoms with van der Waals surface area (Å²) in [6, 6.07) is 0.122. The molecule has 1 saturated heterocycles. The fourth-order valence-electron chi connectivity index (χ4n) is 4.97. The number of nitrogens with two attached hydrogens (primary N) is 3. The number of rotatable bonds is 8. The Hall–Kier alpha value is -1.70. The van der Waals surface area contributed by atoms with Crippen LogP contribution in [-0.4, -0.2) is 46.7 Å². The lowest BCUT2D eigenvalue weighted by molar-refractivity contribution is -0.135. The first-order valence-electron chi connectivity index (χ1n) is 13.9. The molecule has 0 spiro atoms. The van der Waals surface area contributed by atoms with Crippen molar-refractivity contribution < 1.29 is 9.59 Å². The van der Waals surface area contributed by atoms with Crippen LogP contribution in [0.1, 0.15) is 91.4 Å². The molecule has 1 aliphatic heterocycles. The number of hydrogen-bond donors (Lipinski definition) is 4. The van der Waals surface area contributed by atoms with Gasteiger partial charge in [0.1, 0.15) is 4.84 Å². The molecule has 4 atom stereocenters. The number of halogens is 2. The Morgan fingerprint density at radius 3 is 1.92 bits per heavy atom. The zero-order chi connectivity index (χ0) is 29.1. The van der Waals surface area contributed by atoms with Crippen molar-refractivity contribution in [3.05, 3.63) is 36.7 Å². The van der Waals surface area contributed by atoms with Gasteiger partial charge in [-0.2, -0.15) is 0 Å². The third-order valence-electron chi connectivity index (χ3n) is 7.10. The molecule has 3 rings (SSSR count). The van der Waals surface area contributed by atoms with Crippen LogP contribution in [0.5, 0.6) is 0 Å². The lowest BCUT2D eigenvalue weighted by atomic mass is 9.91. The Kier molecular flexibility index (Phi) is 20.2. The van der Waals surface area contributed by atoms with E-state index in [0.717, 1.165) is 37.0 Å². The molecule has 3 aliphatic rings. The van der Waals surface area contributed by atoms with Gasteiger partial charge < -0.3 is 27.4 Å². The molecule has 7 nitrogen and oxygen atoms in total. The summed E-state index contributed by atoms with van der Waals surface area (Å²) in [4.78, 5) is 23.8. The average Bonchev–Trinajstić information content (AvgIpc) is 3.20. The van der Waals surface area contributed by atoms with Gasteiger partial charge in [0, 0.05) is 36.2 Å². The Bertz CT molecular complexity index is 708. The maximum atomic E-state index is 13.7. The van der Waals surface area contributed by atoms with Crippen molar-refractivity contribution in [1.29, 1.82) is 0 Å². The number of alkyl halides is 2. The number of likely N-dealkylation sites (tertiary alicyclic amines) is 1. The van der Waals surface area contributed by atoms with Gasteiger partial charge in [-0.05, 0) is 45.7 Å². The predicted molar refractivity (Wildman–Crippen MR) is 163 cm³/mol. The van der Waals surface area contributed by atoms with E-state index in [4.69, 9.17) is 33.7 Å². The van der Waals surface area contributed by atoms with E-state index in [1.165, 1.54) is 51.1 Å². The van der Waals surface area contributed by atoms with Crippen molar-refractivity contribution in [2.24, 2.45) is 29.0 Å². The second-order valence-electron chi connectivity index (χ2n) is 10.6. The molecule has 4 unspecified atom stereocenters. The van der Waals surface area contributed by atoms with E-state index in [1.807, 2.05) is 24.8 Å². The van der Waals surface area contributed by atoms with Crippen LogP contribution in [0.25, 0.3) is 0 Å². The van der Waals surface area contributed by atoms with E-state index >= 15 is 0 Å². The van der Waals surface area contributed by atoms with Crippen molar-refractivity contribution >= 4 is 35.5 Å². The molecule has 9 heteroatoms. The second-order valence-corrected chi connectivity index (χ2v) is 11.7. The van der Waals surface area contributed by atoms with Gasteiger partial charge in [-0.25, -0.2) is 0 Å². The van der Waals surface area contributed by atoms with Crippen LogP contribution >= 0.6 is 23.2 Å². The summed E-state index contributed by atoms with van der Waals surface area (Å²) in [5, 5.41) is 3.68. The smallest absolute Gasteiger partial charge is 0.240 e. The fraction of sp³-hybridized carbons (Fsp3) is 0.724. The third kappa shape index (κ3) is 14.5. The number of carbonyl (C=O) groups excluding carboxylic acids is 2. The first-order valence-corrected chi connectivity index (χ1v) is 14.8. The molecule has 0 bridgehead atoms. The number of amides is 2. The summed E-state index contributed by atoms with van der Waals surface area (Å²) in [5.74, 6) is 0.242. The van der Waals surface area contributed by atoms with Crippen LogP contribution in [0.15, 0.2) is 36.7 Å². The molecule has 2 saturated carbocycles. The van der Waals surface area contributed by atoms with Gasteiger partial charge in [0.15, 0.2) is 0 Å². The van der Waals surface area contributed by atoms with Gasteiger partial charge in [0.2, 0.25) is 12.3 Å². The van der Waals surface area contributed by atoms with E-state index in [0.29, 0.717) is 12.6 Å². The Labute approximate surface area is 241 Å². The molecular weight excluding hydrogens is 521 g/mol. The molecule has 2 aliphatic carbocycles. The predicted octanol–water partition coefficient (Wildman–Crippen LogP) is 5.51. The fourth-order valence-corrected chi connectivity index (χ4v) is 5.56.